The Morgan fingerprint density at radius 3 is 2.31 bits per heavy atom. The van der Waals surface area contributed by atoms with Crippen LogP contribution in [0, 0.1) is 11.8 Å². The van der Waals surface area contributed by atoms with Crippen molar-refractivity contribution in [2.24, 2.45) is 11.8 Å². The molecule has 198 valence electrons. The predicted molar refractivity (Wildman–Crippen MR) is 132 cm³/mol. The van der Waals surface area contributed by atoms with Gasteiger partial charge < -0.3 is 25.4 Å². The molecular weight excluding hydrogens is 450 g/mol. The van der Waals surface area contributed by atoms with Crippen LogP contribution < -0.4 is 16.0 Å². The first kappa shape index (κ1) is 28.7. The minimum atomic E-state index is -0.828. The lowest BCUT2D eigenvalue weighted by Crippen LogP contribution is -2.55. The van der Waals surface area contributed by atoms with E-state index in [0.717, 1.165) is 19.3 Å². The summed E-state index contributed by atoms with van der Waals surface area (Å²) in [6, 6.07) is -1.99. The number of esters is 1. The number of cyclic esters (lactones) is 1. The molecule has 3 amide bonds. The molecule has 0 aliphatic carbocycles. The van der Waals surface area contributed by atoms with Crippen LogP contribution in [-0.4, -0.2) is 53.7 Å². The fourth-order valence-corrected chi connectivity index (χ4v) is 4.32. The third kappa shape index (κ3) is 9.90. The molecule has 6 atom stereocenters. The molecule has 0 saturated carbocycles. The molecule has 0 aromatic carbocycles. The lowest BCUT2D eigenvalue weighted by Gasteiger charge is -2.28. The lowest BCUT2D eigenvalue weighted by atomic mass is 9.91. The van der Waals surface area contributed by atoms with Crippen LogP contribution in [0.25, 0.3) is 0 Å². The zero-order valence-corrected chi connectivity index (χ0v) is 22.0. The van der Waals surface area contributed by atoms with Gasteiger partial charge in [0.15, 0.2) is 0 Å². The van der Waals surface area contributed by atoms with E-state index >= 15 is 0 Å². The molecule has 9 nitrogen and oxygen atoms in total. The molecule has 0 spiro atoms. The number of rotatable bonds is 2. The van der Waals surface area contributed by atoms with E-state index < -0.39 is 29.7 Å². The monoisotopic (exact) mass is 493 g/mol. The van der Waals surface area contributed by atoms with Gasteiger partial charge in [0, 0.05) is 0 Å². The van der Waals surface area contributed by atoms with Gasteiger partial charge in [-0.25, -0.2) is 4.79 Å². The maximum Gasteiger partial charge on any atom is 0.408 e. The van der Waals surface area contributed by atoms with Crippen LogP contribution in [0.15, 0.2) is 12.2 Å². The van der Waals surface area contributed by atoms with Crippen molar-refractivity contribution in [2.45, 2.75) is 116 Å². The van der Waals surface area contributed by atoms with Crippen LogP contribution in [0.5, 0.6) is 0 Å². The summed E-state index contributed by atoms with van der Waals surface area (Å²) in [6.45, 7) is 10.8. The second-order valence-corrected chi connectivity index (χ2v) is 11.0. The molecule has 2 heterocycles. The predicted octanol–water partition coefficient (Wildman–Crippen LogP) is 3.37. The quantitative estimate of drug-likeness (QED) is 0.400. The van der Waals surface area contributed by atoms with Gasteiger partial charge in [-0.1, -0.05) is 26.0 Å². The molecule has 0 aromatic heterocycles. The highest BCUT2D eigenvalue weighted by atomic mass is 16.6. The topological polar surface area (TPSA) is 123 Å². The standard InChI is InChI=1S/C26H43N3O6/c1-16-12-10-8-7-9-11-13-19(29-25(33)35-26(4,5)6)23(31)27-18(3)22(30)28-20(14-16)21-15-17(2)24(32)34-21/h7-8,16-21H,9-15H2,1-6H3,(H,27,31)(H,28,30)(H,29,33)/b8-7+/t16-,17-,18+,19+,20+,21+/m1/s1. The normalized spacial score (nSPS) is 32.7. The Balaban J connectivity index is 2.15. The number of hydrogen-bond donors (Lipinski definition) is 3. The molecule has 3 N–H and O–H groups in total. The van der Waals surface area contributed by atoms with Crippen LogP contribution in [0.4, 0.5) is 4.79 Å². The van der Waals surface area contributed by atoms with Crippen LogP contribution in [-0.2, 0) is 23.9 Å². The Bertz CT molecular complexity index is 790. The minimum Gasteiger partial charge on any atom is -0.460 e. The Morgan fingerprint density at radius 1 is 1.00 bits per heavy atom. The Morgan fingerprint density at radius 2 is 1.69 bits per heavy atom. The van der Waals surface area contributed by atoms with Crippen molar-refractivity contribution in [2.75, 3.05) is 0 Å². The molecule has 0 radical (unpaired) electrons. The number of allylic oxidation sites excluding steroid dienone is 2. The van der Waals surface area contributed by atoms with Gasteiger partial charge in [-0.2, -0.15) is 0 Å². The molecule has 2 aliphatic heterocycles. The number of amides is 3. The Kier molecular flexibility index (Phi) is 10.6. The second kappa shape index (κ2) is 12.9. The average Bonchev–Trinajstić information content (AvgIpc) is 3.07. The highest BCUT2D eigenvalue weighted by Gasteiger charge is 2.38. The SMILES string of the molecule is C[C@@H]1CC/C=C/CCC[C@H](NC(=O)OC(C)(C)C)C(=O)N[C@@H](C)C(=O)N[C@H]([C@@H]2C[C@@H](C)C(=O)O2)C1. The van der Waals surface area contributed by atoms with E-state index in [0.29, 0.717) is 31.6 Å². The highest BCUT2D eigenvalue weighted by molar-refractivity contribution is 5.91. The van der Waals surface area contributed by atoms with Crippen molar-refractivity contribution in [1.82, 2.24) is 16.0 Å². The van der Waals surface area contributed by atoms with Crippen molar-refractivity contribution in [1.29, 1.82) is 0 Å². The molecule has 0 bridgehead atoms. The summed E-state index contributed by atoms with van der Waals surface area (Å²) in [5.41, 5.74) is -0.692. The third-order valence-electron chi connectivity index (χ3n) is 6.30. The number of nitrogens with one attached hydrogen (secondary N) is 3. The summed E-state index contributed by atoms with van der Waals surface area (Å²) < 4.78 is 10.9. The fourth-order valence-electron chi connectivity index (χ4n) is 4.32. The fraction of sp³-hybridized carbons (Fsp3) is 0.769. The van der Waals surface area contributed by atoms with Gasteiger partial charge in [-0.3, -0.25) is 14.4 Å². The first-order valence-electron chi connectivity index (χ1n) is 12.8. The number of carbonyl (C=O) groups excluding carboxylic acids is 4. The van der Waals surface area contributed by atoms with Crippen molar-refractivity contribution in [3.63, 3.8) is 0 Å². The first-order valence-corrected chi connectivity index (χ1v) is 12.8. The highest BCUT2D eigenvalue weighted by Crippen LogP contribution is 2.27. The van der Waals surface area contributed by atoms with Gasteiger partial charge in [0.1, 0.15) is 23.8 Å². The Labute approximate surface area is 209 Å². The van der Waals surface area contributed by atoms with Crippen LogP contribution in [0.3, 0.4) is 0 Å². The van der Waals surface area contributed by atoms with Crippen LogP contribution in [0.1, 0.15) is 86.5 Å². The van der Waals surface area contributed by atoms with Crippen molar-refractivity contribution >= 4 is 23.9 Å². The van der Waals surface area contributed by atoms with Gasteiger partial charge in [0.2, 0.25) is 11.8 Å². The molecule has 0 unspecified atom stereocenters. The summed E-state index contributed by atoms with van der Waals surface area (Å²) in [7, 11) is 0. The average molecular weight is 494 g/mol. The van der Waals surface area contributed by atoms with Gasteiger partial charge in [0.25, 0.3) is 0 Å². The van der Waals surface area contributed by atoms with Gasteiger partial charge in [0.05, 0.1) is 12.0 Å². The van der Waals surface area contributed by atoms with Crippen molar-refractivity contribution < 1.29 is 28.7 Å². The van der Waals surface area contributed by atoms with Crippen LogP contribution in [0.2, 0.25) is 0 Å². The van der Waals surface area contributed by atoms with E-state index in [9.17, 15) is 19.2 Å². The minimum absolute atomic E-state index is 0.202. The van der Waals surface area contributed by atoms with Gasteiger partial charge in [-0.15, -0.1) is 0 Å². The second-order valence-electron chi connectivity index (χ2n) is 11.0. The third-order valence-corrected chi connectivity index (χ3v) is 6.30. The van der Waals surface area contributed by atoms with E-state index in [1.807, 2.05) is 6.92 Å². The largest absolute Gasteiger partial charge is 0.460 e. The molecule has 2 rings (SSSR count). The zero-order valence-electron chi connectivity index (χ0n) is 22.0. The number of ether oxygens (including phenoxy) is 2. The number of hydrogen-bond acceptors (Lipinski definition) is 6. The summed E-state index contributed by atoms with van der Waals surface area (Å²) in [6.07, 6.45) is 8.15. The maximum atomic E-state index is 13.0. The Hall–Kier alpha value is -2.58. The van der Waals surface area contributed by atoms with Crippen LogP contribution >= 0.6 is 0 Å². The smallest absolute Gasteiger partial charge is 0.408 e. The molecule has 9 heteroatoms. The molecule has 2 aliphatic rings. The lowest BCUT2D eigenvalue weighted by molar-refractivity contribution is -0.145. The molecule has 35 heavy (non-hydrogen) atoms. The maximum absolute atomic E-state index is 13.0. The molecule has 1 saturated heterocycles. The van der Waals surface area contributed by atoms with Crippen molar-refractivity contribution in [3.05, 3.63) is 12.2 Å². The van der Waals surface area contributed by atoms with E-state index in [-0.39, 0.29) is 29.9 Å². The van der Waals surface area contributed by atoms with E-state index in [2.05, 4.69) is 35.0 Å². The zero-order chi connectivity index (χ0) is 26.2. The molecular formula is C26H43N3O6. The summed E-state index contributed by atoms with van der Waals surface area (Å²) in [4.78, 5) is 50.3. The van der Waals surface area contributed by atoms with Gasteiger partial charge >= 0.3 is 12.1 Å². The first-order chi connectivity index (χ1) is 16.4. The number of alkyl carbamates (subject to hydrolysis) is 1. The van der Waals surface area contributed by atoms with E-state index in [4.69, 9.17) is 9.47 Å². The van der Waals surface area contributed by atoms with E-state index in [1.54, 1.807) is 27.7 Å². The van der Waals surface area contributed by atoms with E-state index in [1.165, 1.54) is 0 Å². The summed E-state index contributed by atoms with van der Waals surface area (Å²) >= 11 is 0. The summed E-state index contributed by atoms with van der Waals surface area (Å²) in [5.74, 6) is -0.925. The summed E-state index contributed by atoms with van der Waals surface area (Å²) in [5, 5.41) is 8.38. The molecule has 0 aromatic rings. The molecule has 1 fully saturated rings. The van der Waals surface area contributed by atoms with Crippen molar-refractivity contribution in [3.8, 4) is 0 Å². The van der Waals surface area contributed by atoms with Gasteiger partial charge in [-0.05, 0) is 78.6 Å². The number of carbonyl (C=O) groups is 4.